The van der Waals surface area contributed by atoms with E-state index in [-0.39, 0.29) is 12.0 Å². The molecular formula is C19H20N4O4. The summed E-state index contributed by atoms with van der Waals surface area (Å²) in [7, 11) is 3.14. The number of methoxy groups -OCH3 is 2. The van der Waals surface area contributed by atoms with Crippen molar-refractivity contribution in [2.45, 2.75) is 12.5 Å². The van der Waals surface area contributed by atoms with Crippen LogP contribution in [0.15, 0.2) is 36.7 Å². The zero-order chi connectivity index (χ0) is 18.8. The van der Waals surface area contributed by atoms with Crippen LogP contribution in [0.25, 0.3) is 10.9 Å². The summed E-state index contributed by atoms with van der Waals surface area (Å²) in [6.45, 7) is 1.10. The van der Waals surface area contributed by atoms with E-state index in [0.29, 0.717) is 30.5 Å². The van der Waals surface area contributed by atoms with Gasteiger partial charge in [-0.25, -0.2) is 9.97 Å². The van der Waals surface area contributed by atoms with Crippen LogP contribution >= 0.6 is 0 Å². The molecule has 0 radical (unpaired) electrons. The number of H-pyrrole nitrogens is 1. The largest absolute Gasteiger partial charge is 0.497 e. The number of amides is 1. The fourth-order valence-electron chi connectivity index (χ4n) is 3.22. The van der Waals surface area contributed by atoms with Crippen LogP contribution in [0, 0.1) is 0 Å². The Labute approximate surface area is 156 Å². The molecule has 8 heteroatoms. The first-order chi connectivity index (χ1) is 13.2. The highest BCUT2D eigenvalue weighted by Crippen LogP contribution is 2.26. The van der Waals surface area contributed by atoms with Gasteiger partial charge in [0, 0.05) is 42.3 Å². The Morgan fingerprint density at radius 3 is 2.74 bits per heavy atom. The maximum absolute atomic E-state index is 12.8. The number of benzene rings is 1. The number of nitrogens with one attached hydrogen (secondary N) is 1. The molecule has 0 spiro atoms. The summed E-state index contributed by atoms with van der Waals surface area (Å²) in [5.41, 5.74) is 1.42. The molecule has 0 unspecified atom stereocenters. The lowest BCUT2D eigenvalue weighted by Crippen LogP contribution is -2.31. The van der Waals surface area contributed by atoms with Gasteiger partial charge in [-0.2, -0.15) is 0 Å². The second-order valence-electron chi connectivity index (χ2n) is 6.29. The van der Waals surface area contributed by atoms with Crippen LogP contribution < -0.4 is 14.2 Å². The normalized spacial score (nSPS) is 16.5. The molecule has 4 rings (SSSR count). The molecule has 1 saturated heterocycles. The van der Waals surface area contributed by atoms with Crippen LogP contribution in [0.2, 0.25) is 0 Å². The lowest BCUT2D eigenvalue weighted by molar-refractivity contribution is 0.0765. The lowest BCUT2D eigenvalue weighted by Gasteiger charge is -2.16. The van der Waals surface area contributed by atoms with Crippen LogP contribution in [-0.2, 0) is 0 Å². The smallest absolute Gasteiger partial charge is 0.278 e. The van der Waals surface area contributed by atoms with Crippen molar-refractivity contribution in [1.82, 2.24) is 19.9 Å². The molecule has 140 valence electrons. The van der Waals surface area contributed by atoms with Crippen LogP contribution in [0.1, 0.15) is 16.9 Å². The number of fused-ring (bicyclic) bond motifs is 1. The Kier molecular flexibility index (Phi) is 4.53. The molecule has 1 atom stereocenters. The SMILES string of the molecule is COc1ccc2cc(C(=O)N3CC[C@H](Oc4nccnc4OC)C3)[nH]c2c1. The predicted octanol–water partition coefficient (Wildman–Crippen LogP) is 2.27. The molecule has 1 amide bonds. The third-order valence-corrected chi connectivity index (χ3v) is 4.60. The van der Waals surface area contributed by atoms with Gasteiger partial charge >= 0.3 is 0 Å². The van der Waals surface area contributed by atoms with E-state index in [1.165, 1.54) is 7.11 Å². The summed E-state index contributed by atoms with van der Waals surface area (Å²) >= 11 is 0. The monoisotopic (exact) mass is 368 g/mol. The number of likely N-dealkylation sites (tertiary alicyclic amines) is 1. The van der Waals surface area contributed by atoms with Gasteiger partial charge in [-0.1, -0.05) is 0 Å². The van der Waals surface area contributed by atoms with Crippen molar-refractivity contribution in [3.63, 3.8) is 0 Å². The number of hydrogen-bond donors (Lipinski definition) is 1. The van der Waals surface area contributed by atoms with E-state index in [0.717, 1.165) is 23.1 Å². The van der Waals surface area contributed by atoms with E-state index in [1.807, 2.05) is 24.3 Å². The fourth-order valence-corrected chi connectivity index (χ4v) is 3.22. The second-order valence-corrected chi connectivity index (χ2v) is 6.29. The Bertz CT molecular complexity index is 971. The van der Waals surface area contributed by atoms with Gasteiger partial charge in [-0.3, -0.25) is 4.79 Å². The quantitative estimate of drug-likeness (QED) is 0.743. The molecule has 3 aromatic rings. The molecule has 0 saturated carbocycles. The van der Waals surface area contributed by atoms with E-state index in [9.17, 15) is 4.79 Å². The average molecular weight is 368 g/mol. The van der Waals surface area contributed by atoms with Crippen molar-refractivity contribution < 1.29 is 19.0 Å². The van der Waals surface area contributed by atoms with Crippen molar-refractivity contribution in [3.8, 4) is 17.5 Å². The number of hydrogen-bond acceptors (Lipinski definition) is 6. The summed E-state index contributed by atoms with van der Waals surface area (Å²) in [5.74, 6) is 1.38. The Hall–Kier alpha value is -3.29. The number of carbonyl (C=O) groups is 1. The number of nitrogens with zero attached hydrogens (tertiary/aromatic N) is 3. The van der Waals surface area contributed by atoms with Crippen LogP contribution in [-0.4, -0.2) is 59.2 Å². The first-order valence-corrected chi connectivity index (χ1v) is 8.65. The van der Waals surface area contributed by atoms with Gasteiger partial charge in [-0.05, 0) is 18.2 Å². The van der Waals surface area contributed by atoms with E-state index < -0.39 is 0 Å². The molecule has 1 aromatic carbocycles. The average Bonchev–Trinajstić information content (AvgIpc) is 3.34. The number of aromatic nitrogens is 3. The summed E-state index contributed by atoms with van der Waals surface area (Å²) < 4.78 is 16.3. The molecule has 3 heterocycles. The minimum atomic E-state index is -0.149. The Morgan fingerprint density at radius 2 is 1.96 bits per heavy atom. The predicted molar refractivity (Wildman–Crippen MR) is 98.4 cm³/mol. The Balaban J connectivity index is 1.46. The highest BCUT2D eigenvalue weighted by molar-refractivity contribution is 5.98. The van der Waals surface area contributed by atoms with E-state index in [4.69, 9.17) is 14.2 Å². The maximum atomic E-state index is 12.8. The van der Waals surface area contributed by atoms with Gasteiger partial charge in [0.25, 0.3) is 17.7 Å². The third kappa shape index (κ3) is 3.38. The Morgan fingerprint density at radius 1 is 1.15 bits per heavy atom. The van der Waals surface area contributed by atoms with E-state index >= 15 is 0 Å². The molecule has 0 bridgehead atoms. The first-order valence-electron chi connectivity index (χ1n) is 8.65. The molecule has 27 heavy (non-hydrogen) atoms. The lowest BCUT2D eigenvalue weighted by atomic mass is 10.2. The summed E-state index contributed by atoms with van der Waals surface area (Å²) in [5, 5.41) is 0.968. The standard InChI is InChI=1S/C19H20N4O4/c1-25-13-4-3-12-9-16(22-15(12)10-13)19(24)23-8-5-14(11-23)27-18-17(26-2)20-6-7-21-18/h3-4,6-7,9-10,14,22H,5,8,11H2,1-2H3/t14-/m0/s1. The third-order valence-electron chi connectivity index (χ3n) is 4.60. The summed E-state index contributed by atoms with van der Waals surface area (Å²) in [6.07, 6.45) is 3.67. The number of carbonyl (C=O) groups excluding carboxylic acids is 1. The molecule has 8 nitrogen and oxygen atoms in total. The number of aromatic amines is 1. The van der Waals surface area contributed by atoms with Crippen LogP contribution in [0.4, 0.5) is 0 Å². The minimum absolute atomic E-state index is 0.0534. The maximum Gasteiger partial charge on any atom is 0.278 e. The summed E-state index contributed by atoms with van der Waals surface area (Å²) in [6, 6.07) is 7.54. The molecule has 1 aliphatic rings. The zero-order valence-electron chi connectivity index (χ0n) is 15.1. The zero-order valence-corrected chi connectivity index (χ0v) is 15.1. The molecule has 1 fully saturated rings. The van der Waals surface area contributed by atoms with Crippen molar-refractivity contribution in [3.05, 3.63) is 42.4 Å². The van der Waals surface area contributed by atoms with Crippen LogP contribution in [0.5, 0.6) is 17.5 Å². The van der Waals surface area contributed by atoms with Gasteiger partial charge in [0.05, 0.1) is 20.8 Å². The van der Waals surface area contributed by atoms with Gasteiger partial charge in [0.1, 0.15) is 17.5 Å². The van der Waals surface area contributed by atoms with Gasteiger partial charge in [0.2, 0.25) is 0 Å². The van der Waals surface area contributed by atoms with Gasteiger partial charge in [-0.15, -0.1) is 0 Å². The van der Waals surface area contributed by atoms with Crippen molar-refractivity contribution in [2.24, 2.45) is 0 Å². The van der Waals surface area contributed by atoms with E-state index in [1.54, 1.807) is 24.4 Å². The minimum Gasteiger partial charge on any atom is -0.497 e. The van der Waals surface area contributed by atoms with Crippen molar-refractivity contribution in [1.29, 1.82) is 0 Å². The highest BCUT2D eigenvalue weighted by atomic mass is 16.5. The number of ether oxygens (including phenoxy) is 3. The molecular weight excluding hydrogens is 348 g/mol. The van der Waals surface area contributed by atoms with Crippen molar-refractivity contribution >= 4 is 16.8 Å². The topological polar surface area (TPSA) is 89.6 Å². The molecule has 0 aliphatic carbocycles. The fraction of sp³-hybridized carbons (Fsp3) is 0.316. The molecule has 1 N–H and O–H groups in total. The van der Waals surface area contributed by atoms with Crippen LogP contribution in [0.3, 0.4) is 0 Å². The molecule has 1 aliphatic heterocycles. The second kappa shape index (κ2) is 7.14. The molecule has 2 aromatic heterocycles. The van der Waals surface area contributed by atoms with E-state index in [2.05, 4.69) is 15.0 Å². The van der Waals surface area contributed by atoms with Crippen molar-refractivity contribution in [2.75, 3.05) is 27.3 Å². The summed E-state index contributed by atoms with van der Waals surface area (Å²) in [4.78, 5) is 26.0. The first kappa shape index (κ1) is 17.1. The van der Waals surface area contributed by atoms with Gasteiger partial charge < -0.3 is 24.1 Å². The highest BCUT2D eigenvalue weighted by Gasteiger charge is 2.30. The van der Waals surface area contributed by atoms with Gasteiger partial charge in [0.15, 0.2) is 0 Å². The number of rotatable bonds is 5.